The fraction of sp³-hybridized carbons (Fsp3) is 0.769. The summed E-state index contributed by atoms with van der Waals surface area (Å²) in [6.07, 6.45) is 4.88. The molecule has 0 aromatic heterocycles. The van der Waals surface area contributed by atoms with Crippen molar-refractivity contribution in [3.05, 3.63) is 0 Å². The lowest BCUT2D eigenvalue weighted by molar-refractivity contribution is -0.140. The Labute approximate surface area is 527 Å². The van der Waals surface area contributed by atoms with Crippen LogP contribution in [0.4, 0.5) is 0 Å². The van der Waals surface area contributed by atoms with Gasteiger partial charge in [-0.25, -0.2) is 0 Å². The van der Waals surface area contributed by atoms with E-state index in [0.29, 0.717) is 38.3 Å². The van der Waals surface area contributed by atoms with Gasteiger partial charge >= 0.3 is 71.6 Å². The van der Waals surface area contributed by atoms with Gasteiger partial charge < -0.3 is 142 Å². The minimum Gasteiger partial charge on any atom is -0.480 e. The highest BCUT2D eigenvalue weighted by atomic mass is 16.4. The average molecular weight is 1320 g/mol. The van der Waals surface area contributed by atoms with Gasteiger partial charge in [-0.1, -0.05) is 95.9 Å². The van der Waals surface area contributed by atoms with E-state index in [1.54, 1.807) is 69.2 Å². The van der Waals surface area contributed by atoms with Crippen LogP contribution in [-0.2, 0) is 57.5 Å². The molecule has 40 N–H and O–H groups in total. The first-order valence-corrected chi connectivity index (χ1v) is 27.6. The third-order valence-corrected chi connectivity index (χ3v) is 9.55. The lowest BCUT2D eigenvalue weighted by Crippen LogP contribution is -2.34. The Morgan fingerprint density at radius 3 is 0.478 bits per heavy atom. The van der Waals surface area contributed by atoms with Gasteiger partial charge in [0.15, 0.2) is 0 Å². The summed E-state index contributed by atoms with van der Waals surface area (Å²) in [5.74, 6) is -10.8. The minimum atomic E-state index is -0.968. The Morgan fingerprint density at radius 1 is 0.267 bits per heavy atom. The molecule has 0 aliphatic rings. The Bertz CT molecular complexity index is 1670. The number of carboxylic acid groups (broad SMARTS) is 12. The Kier molecular flexibility index (Phi) is 89.6. The first-order chi connectivity index (χ1) is 40.6. The molecule has 0 saturated heterocycles. The summed E-state index contributed by atoms with van der Waals surface area (Å²) in [4.78, 5) is 118. The number of carboxylic acids is 12. The molecule has 0 fully saturated rings. The number of aliphatic carboxylic acids is 12. The lowest BCUT2D eigenvalue weighted by Gasteiger charge is -2.07. The van der Waals surface area contributed by atoms with Crippen molar-refractivity contribution in [1.82, 2.24) is 0 Å². The maximum Gasteiger partial charge on any atom is 0.320 e. The first-order valence-electron chi connectivity index (χ1n) is 27.6. The Hall–Kier alpha value is -6.92. The van der Waals surface area contributed by atoms with Crippen LogP contribution >= 0.6 is 0 Å². The number of carbonyl (C=O) groups is 12. The predicted molar refractivity (Wildman–Crippen MR) is 336 cm³/mol. The highest BCUT2D eigenvalue weighted by Crippen LogP contribution is 2.03. The van der Waals surface area contributed by atoms with Gasteiger partial charge in [-0.15, -0.1) is 0 Å². The van der Waals surface area contributed by atoms with Gasteiger partial charge in [-0.05, 0) is 87.6 Å². The third-order valence-electron chi connectivity index (χ3n) is 9.55. The number of nitrogens with two attached hydrogens (primary N) is 14. The zero-order valence-electron chi connectivity index (χ0n) is 54.5. The maximum absolute atomic E-state index is 10.1. The molecule has 0 radical (unpaired) electrons. The molecule has 90 heavy (non-hydrogen) atoms. The van der Waals surface area contributed by atoms with E-state index in [-0.39, 0.29) is 49.2 Å². The molecule has 38 heteroatoms. The van der Waals surface area contributed by atoms with Crippen LogP contribution in [0.2, 0.25) is 0 Å². The highest BCUT2D eigenvalue weighted by molar-refractivity contribution is 5.76. The predicted octanol–water partition coefficient (Wildman–Crippen LogP) is -3.72. The van der Waals surface area contributed by atoms with Gasteiger partial charge in [0.2, 0.25) is 0 Å². The fourth-order valence-electron chi connectivity index (χ4n) is 3.30. The summed E-state index contributed by atoms with van der Waals surface area (Å²) in [7, 11) is 0. The van der Waals surface area contributed by atoms with Crippen LogP contribution in [0.15, 0.2) is 0 Å². The number of rotatable bonds is 27. The van der Waals surface area contributed by atoms with Gasteiger partial charge in [-0.3, -0.25) is 57.5 Å². The Morgan fingerprint density at radius 2 is 0.422 bits per heavy atom. The summed E-state index contributed by atoms with van der Waals surface area (Å²) >= 11 is 0. The van der Waals surface area contributed by atoms with Crippen molar-refractivity contribution >= 4 is 71.6 Å². The van der Waals surface area contributed by atoms with Crippen molar-refractivity contribution in [3.63, 3.8) is 0 Å². The summed E-state index contributed by atoms with van der Waals surface area (Å²) in [6.45, 7) is 23.5. The largest absolute Gasteiger partial charge is 0.480 e. The van der Waals surface area contributed by atoms with E-state index in [1.807, 2.05) is 13.8 Å². The van der Waals surface area contributed by atoms with Gasteiger partial charge in [-0.2, -0.15) is 0 Å². The van der Waals surface area contributed by atoms with E-state index in [2.05, 4.69) is 17.2 Å². The smallest absolute Gasteiger partial charge is 0.320 e. The lowest BCUT2D eigenvalue weighted by atomic mass is 10.1. The van der Waals surface area contributed by atoms with Crippen molar-refractivity contribution in [2.75, 3.05) is 32.7 Å². The van der Waals surface area contributed by atoms with Crippen molar-refractivity contribution < 1.29 is 119 Å². The van der Waals surface area contributed by atoms with Crippen LogP contribution in [0.3, 0.4) is 0 Å². The maximum atomic E-state index is 10.1. The zero-order valence-corrected chi connectivity index (χ0v) is 54.5. The van der Waals surface area contributed by atoms with Gasteiger partial charge in [0.25, 0.3) is 0 Å². The fourth-order valence-corrected chi connectivity index (χ4v) is 3.30. The van der Waals surface area contributed by atoms with Crippen molar-refractivity contribution in [3.8, 4) is 0 Å². The van der Waals surface area contributed by atoms with Crippen LogP contribution in [-0.4, -0.2) is 220 Å². The van der Waals surface area contributed by atoms with Crippen LogP contribution in [0.25, 0.3) is 0 Å². The molecule has 0 aromatic carbocycles. The Balaban J connectivity index is -0.0000000742. The van der Waals surface area contributed by atoms with Crippen molar-refractivity contribution in [2.24, 2.45) is 116 Å². The molecule has 540 valence electrons. The van der Waals surface area contributed by atoms with Gasteiger partial charge in [0, 0.05) is 0 Å². The van der Waals surface area contributed by atoms with E-state index < -0.39 is 126 Å². The van der Waals surface area contributed by atoms with Crippen molar-refractivity contribution in [1.29, 1.82) is 0 Å². The number of hydrogen-bond acceptors (Lipinski definition) is 26. The second kappa shape index (κ2) is 72.8. The van der Waals surface area contributed by atoms with Gasteiger partial charge in [0.05, 0.1) is 19.6 Å². The molecule has 0 unspecified atom stereocenters. The van der Waals surface area contributed by atoms with E-state index in [4.69, 9.17) is 124 Å². The molecule has 9 atom stereocenters. The SMILES string of the molecule is CC(C)C[C@H](N)C(=O)O.CC(C)[C@H](N)C(=O)O.CC(C)[C@H](N)C(=O)O.CC(C)[C@H](N)C(=O)O.CC(C)[C@H](N)C(=O)O.CC(C)[C@H](N)C(=O)O.C[C@H](N)C(=O)O.NCC(=O)O.NCC(=O)O.NCC(=O)O.NCCCC[C@H](N)C(=O)O.NCCCC[C@H](N)C(=O)O. The summed E-state index contributed by atoms with van der Waals surface area (Å²) in [5.41, 5.74) is 70.4. The molecule has 0 aliphatic carbocycles. The molecule has 0 bridgehead atoms. The normalized spacial score (nSPS) is 12.6. The highest BCUT2D eigenvalue weighted by Gasteiger charge is 2.18. The quantitative estimate of drug-likeness (QED) is 0.0352. The molecule has 0 rings (SSSR count). The molecule has 0 spiro atoms. The molecule has 0 amide bonds. The molecule has 0 heterocycles. The molecular weight excluding hydrogens is 1200 g/mol. The number of unbranched alkanes of at least 4 members (excludes halogenated alkanes) is 2. The topological polar surface area (TPSA) is 812 Å². The van der Waals surface area contributed by atoms with E-state index >= 15 is 0 Å². The third kappa shape index (κ3) is 109. The zero-order chi connectivity index (χ0) is 75.1. The molecular formula is C52H118N14O24. The van der Waals surface area contributed by atoms with Gasteiger partial charge in [0.1, 0.15) is 54.4 Å². The summed E-state index contributed by atoms with van der Waals surface area (Å²) in [5, 5.41) is 96.8. The molecule has 0 aromatic rings. The second-order valence-corrected chi connectivity index (χ2v) is 20.5. The summed E-state index contributed by atoms with van der Waals surface area (Å²) in [6, 6.07) is -6.42. The van der Waals surface area contributed by atoms with E-state index in [9.17, 15) is 57.5 Å². The first kappa shape index (κ1) is 111. The number of hydrogen-bond donors (Lipinski definition) is 26. The monoisotopic (exact) mass is 1320 g/mol. The van der Waals surface area contributed by atoms with Crippen LogP contribution < -0.4 is 80.3 Å². The van der Waals surface area contributed by atoms with E-state index in [0.717, 1.165) is 25.7 Å². The van der Waals surface area contributed by atoms with Crippen molar-refractivity contribution in [2.45, 2.75) is 189 Å². The molecule has 0 aliphatic heterocycles. The van der Waals surface area contributed by atoms with Crippen LogP contribution in [0.1, 0.15) is 135 Å². The molecule has 38 nitrogen and oxygen atoms in total. The standard InChI is InChI=1S/2C6H14N2O2.C6H13NO2.5C5H11NO2.C3H7NO2.3C2H5NO2/c2*7-4-2-1-3-5(8)6(9)10;1-4(2)3-5(7)6(8)9;5*1-3(2)4(6)5(7)8;1-2(4)3(5)6;3*3-1-2(4)5/h2*5H,1-4,7-8H2,(H,9,10);4-5H,3,7H2,1-2H3,(H,8,9);5*3-4H,6H2,1-2H3,(H,7,8);2H,4H2,1H3,(H,5,6);3*1,3H2,(H,4,5)/t3*5-;5*4-;2-;;;/m000000000.../s1. The second-order valence-electron chi connectivity index (χ2n) is 20.5. The molecule has 0 saturated carbocycles. The summed E-state index contributed by atoms with van der Waals surface area (Å²) < 4.78 is 0. The van der Waals surface area contributed by atoms with Crippen LogP contribution in [0, 0.1) is 35.5 Å². The average Bonchev–Trinajstić information content (AvgIpc) is 3.42. The minimum absolute atomic E-state index is 0.0208. The van der Waals surface area contributed by atoms with Crippen LogP contribution in [0.5, 0.6) is 0 Å². The van der Waals surface area contributed by atoms with E-state index in [1.165, 1.54) is 6.92 Å².